The molecule has 6 nitrogen and oxygen atoms in total. The Kier molecular flexibility index (Phi) is 4.12. The van der Waals surface area contributed by atoms with Gasteiger partial charge < -0.3 is 15.6 Å². The molecule has 2 rings (SSSR count). The molecule has 1 amide bonds. The van der Waals surface area contributed by atoms with E-state index in [2.05, 4.69) is 25.6 Å². The average molecular weight is 259 g/mol. The second kappa shape index (κ2) is 5.99. The van der Waals surface area contributed by atoms with Crippen LogP contribution in [0.25, 0.3) is 0 Å². The topological polar surface area (TPSA) is 82.7 Å². The fourth-order valence-electron chi connectivity index (χ4n) is 1.75. The molecule has 2 aromatic rings. The van der Waals surface area contributed by atoms with Crippen LogP contribution in [0, 0.1) is 0 Å². The van der Waals surface area contributed by atoms with Crippen molar-refractivity contribution >= 4 is 11.7 Å². The zero-order valence-corrected chi connectivity index (χ0v) is 11.0. The molecule has 0 bridgehead atoms. The third kappa shape index (κ3) is 3.09. The first kappa shape index (κ1) is 13.1. The van der Waals surface area contributed by atoms with Gasteiger partial charge >= 0.3 is 0 Å². The van der Waals surface area contributed by atoms with Gasteiger partial charge in [0.2, 0.25) is 0 Å². The van der Waals surface area contributed by atoms with Gasteiger partial charge in [-0.1, -0.05) is 6.92 Å². The molecule has 2 aromatic heterocycles. The average Bonchev–Trinajstić information content (AvgIpc) is 2.98. The lowest BCUT2D eigenvalue weighted by atomic mass is 10.2. The highest BCUT2D eigenvalue weighted by atomic mass is 16.1. The first-order valence-electron chi connectivity index (χ1n) is 6.18. The summed E-state index contributed by atoms with van der Waals surface area (Å²) < 4.78 is 0. The van der Waals surface area contributed by atoms with Gasteiger partial charge in [0.1, 0.15) is 11.6 Å². The lowest BCUT2D eigenvalue weighted by Gasteiger charge is -2.14. The fraction of sp³-hybridized carbons (Fsp3) is 0.308. The van der Waals surface area contributed by atoms with Crippen LogP contribution in [0.5, 0.6) is 0 Å². The SMILES string of the molecule is CCC(NC(=O)c1ccc(NC)nc1)c1ncc[nH]1. The number of anilines is 1. The van der Waals surface area contributed by atoms with Gasteiger partial charge in [0.05, 0.1) is 11.6 Å². The maximum absolute atomic E-state index is 12.1. The van der Waals surface area contributed by atoms with Crippen molar-refractivity contribution in [2.75, 3.05) is 12.4 Å². The van der Waals surface area contributed by atoms with Crippen molar-refractivity contribution in [3.63, 3.8) is 0 Å². The van der Waals surface area contributed by atoms with Crippen LogP contribution in [0.2, 0.25) is 0 Å². The van der Waals surface area contributed by atoms with Gasteiger partial charge in [0.15, 0.2) is 0 Å². The van der Waals surface area contributed by atoms with Crippen molar-refractivity contribution in [3.8, 4) is 0 Å². The summed E-state index contributed by atoms with van der Waals surface area (Å²) in [6, 6.07) is 3.39. The Morgan fingerprint density at radius 1 is 1.42 bits per heavy atom. The summed E-state index contributed by atoms with van der Waals surface area (Å²) in [5, 5.41) is 5.84. The number of nitrogens with one attached hydrogen (secondary N) is 3. The Labute approximate surface area is 111 Å². The normalized spacial score (nSPS) is 11.9. The van der Waals surface area contributed by atoms with E-state index in [0.29, 0.717) is 5.56 Å². The zero-order chi connectivity index (χ0) is 13.7. The number of hydrogen-bond acceptors (Lipinski definition) is 4. The van der Waals surface area contributed by atoms with Crippen LogP contribution in [-0.4, -0.2) is 27.9 Å². The number of rotatable bonds is 5. The van der Waals surface area contributed by atoms with E-state index < -0.39 is 0 Å². The predicted molar refractivity (Wildman–Crippen MR) is 72.9 cm³/mol. The molecule has 0 saturated heterocycles. The van der Waals surface area contributed by atoms with E-state index in [-0.39, 0.29) is 11.9 Å². The molecule has 3 N–H and O–H groups in total. The number of carbonyl (C=O) groups is 1. The highest BCUT2D eigenvalue weighted by Crippen LogP contribution is 2.13. The molecule has 0 aromatic carbocycles. The Bertz CT molecular complexity index is 520. The molecular formula is C13H17N5O. The minimum Gasteiger partial charge on any atom is -0.373 e. The van der Waals surface area contributed by atoms with E-state index in [9.17, 15) is 4.79 Å². The van der Waals surface area contributed by atoms with Crippen LogP contribution < -0.4 is 10.6 Å². The zero-order valence-electron chi connectivity index (χ0n) is 11.0. The van der Waals surface area contributed by atoms with Gasteiger partial charge in [-0.3, -0.25) is 4.79 Å². The van der Waals surface area contributed by atoms with Crippen LogP contribution in [-0.2, 0) is 0 Å². The Morgan fingerprint density at radius 2 is 2.26 bits per heavy atom. The highest BCUT2D eigenvalue weighted by Gasteiger charge is 2.15. The van der Waals surface area contributed by atoms with Gasteiger partial charge in [0, 0.05) is 25.6 Å². The molecule has 0 saturated carbocycles. The number of aromatic nitrogens is 3. The fourth-order valence-corrected chi connectivity index (χ4v) is 1.75. The minimum absolute atomic E-state index is 0.119. The first-order valence-corrected chi connectivity index (χ1v) is 6.18. The smallest absolute Gasteiger partial charge is 0.253 e. The van der Waals surface area contributed by atoms with E-state index in [4.69, 9.17) is 0 Å². The molecule has 0 aliphatic heterocycles. The lowest BCUT2D eigenvalue weighted by molar-refractivity contribution is 0.0933. The van der Waals surface area contributed by atoms with Crippen LogP contribution in [0.3, 0.4) is 0 Å². The molecule has 0 fully saturated rings. The molecular weight excluding hydrogens is 242 g/mol. The van der Waals surface area contributed by atoms with Gasteiger partial charge in [-0.2, -0.15) is 0 Å². The molecule has 1 atom stereocenters. The summed E-state index contributed by atoms with van der Waals surface area (Å²) in [5.41, 5.74) is 0.531. The van der Waals surface area contributed by atoms with E-state index in [0.717, 1.165) is 18.1 Å². The van der Waals surface area contributed by atoms with Gasteiger partial charge in [0.25, 0.3) is 5.91 Å². The molecule has 1 unspecified atom stereocenters. The van der Waals surface area contributed by atoms with Gasteiger partial charge in [-0.15, -0.1) is 0 Å². The number of pyridine rings is 1. The van der Waals surface area contributed by atoms with Gasteiger partial charge in [-0.05, 0) is 18.6 Å². The standard InChI is InChI=1S/C13H17N5O/c1-3-10(12-15-6-7-16-12)18-13(19)9-4-5-11(14-2)17-8-9/h4-8,10H,3H2,1-2H3,(H,14,17)(H,15,16)(H,18,19). The number of imidazole rings is 1. The molecule has 0 spiro atoms. The van der Waals surface area contributed by atoms with Crippen molar-refractivity contribution in [1.29, 1.82) is 0 Å². The molecule has 2 heterocycles. The van der Waals surface area contributed by atoms with Crippen molar-refractivity contribution in [2.24, 2.45) is 0 Å². The number of nitrogens with zero attached hydrogens (tertiary/aromatic N) is 2. The third-order valence-electron chi connectivity index (χ3n) is 2.84. The van der Waals surface area contributed by atoms with Gasteiger partial charge in [-0.25, -0.2) is 9.97 Å². The number of H-pyrrole nitrogens is 1. The maximum Gasteiger partial charge on any atom is 0.253 e. The largest absolute Gasteiger partial charge is 0.373 e. The van der Waals surface area contributed by atoms with Crippen LogP contribution in [0.1, 0.15) is 35.6 Å². The van der Waals surface area contributed by atoms with E-state index in [1.54, 1.807) is 37.8 Å². The third-order valence-corrected chi connectivity index (χ3v) is 2.84. The first-order chi connectivity index (χ1) is 9.24. The monoisotopic (exact) mass is 259 g/mol. The maximum atomic E-state index is 12.1. The molecule has 0 aliphatic carbocycles. The molecule has 19 heavy (non-hydrogen) atoms. The minimum atomic E-state index is -0.154. The summed E-state index contributed by atoms with van der Waals surface area (Å²) in [4.78, 5) is 23.4. The number of hydrogen-bond donors (Lipinski definition) is 3. The molecule has 0 aliphatic rings. The molecule has 100 valence electrons. The Morgan fingerprint density at radius 3 is 2.79 bits per heavy atom. The summed E-state index contributed by atoms with van der Waals surface area (Å²) in [6.45, 7) is 2.00. The van der Waals surface area contributed by atoms with E-state index >= 15 is 0 Å². The van der Waals surface area contributed by atoms with Crippen LogP contribution in [0.4, 0.5) is 5.82 Å². The Hall–Kier alpha value is -2.37. The lowest BCUT2D eigenvalue weighted by Crippen LogP contribution is -2.29. The Balaban J connectivity index is 2.06. The summed E-state index contributed by atoms with van der Waals surface area (Å²) in [7, 11) is 1.78. The van der Waals surface area contributed by atoms with Crippen molar-refractivity contribution in [3.05, 3.63) is 42.1 Å². The van der Waals surface area contributed by atoms with Crippen molar-refractivity contribution in [2.45, 2.75) is 19.4 Å². The summed E-state index contributed by atoms with van der Waals surface area (Å²) >= 11 is 0. The quantitative estimate of drug-likeness (QED) is 0.763. The van der Waals surface area contributed by atoms with E-state index in [1.807, 2.05) is 6.92 Å². The molecule has 0 radical (unpaired) electrons. The number of amides is 1. The van der Waals surface area contributed by atoms with Crippen LogP contribution in [0.15, 0.2) is 30.7 Å². The van der Waals surface area contributed by atoms with Crippen molar-refractivity contribution in [1.82, 2.24) is 20.3 Å². The highest BCUT2D eigenvalue weighted by molar-refractivity contribution is 5.94. The predicted octanol–water partition coefficient (Wildman–Crippen LogP) is 1.73. The van der Waals surface area contributed by atoms with Crippen LogP contribution >= 0.6 is 0 Å². The molecule has 6 heteroatoms. The number of carbonyl (C=O) groups excluding carboxylic acids is 1. The van der Waals surface area contributed by atoms with E-state index in [1.165, 1.54) is 0 Å². The van der Waals surface area contributed by atoms with Crippen molar-refractivity contribution < 1.29 is 4.79 Å². The summed E-state index contributed by atoms with van der Waals surface area (Å²) in [5.74, 6) is 1.34. The summed E-state index contributed by atoms with van der Waals surface area (Å²) in [6.07, 6.45) is 5.73. The second-order valence-corrected chi connectivity index (χ2v) is 4.09. The second-order valence-electron chi connectivity index (χ2n) is 4.09. The number of aromatic amines is 1.